The number of aryl methyl sites for hydroxylation is 3. The molecule has 8 nitrogen and oxygen atoms in total. The number of nitrogens with one attached hydrogen (secondary N) is 1. The number of hydrogen-bond acceptors (Lipinski definition) is 5. The van der Waals surface area contributed by atoms with E-state index in [4.69, 9.17) is 9.15 Å². The third kappa shape index (κ3) is 3.28. The largest absolute Gasteiger partial charge is 0.466 e. The molecule has 1 saturated heterocycles. The number of carbonyl (C=O) groups is 1. The molecule has 2 aromatic heterocycles. The minimum Gasteiger partial charge on any atom is -0.466 e. The molecular weight excluding hydrogens is 310 g/mol. The second-order valence-corrected chi connectivity index (χ2v) is 6.15. The van der Waals surface area contributed by atoms with Gasteiger partial charge in [0.25, 0.3) is 0 Å². The topological polar surface area (TPSA) is 85.4 Å². The molecule has 3 rings (SSSR count). The maximum Gasteiger partial charge on any atom is 0.318 e. The maximum atomic E-state index is 12.6. The van der Waals surface area contributed by atoms with Gasteiger partial charge in [0.2, 0.25) is 0 Å². The first-order valence-electron chi connectivity index (χ1n) is 8.03. The molecule has 8 heteroatoms. The Hall–Kier alpha value is -2.35. The number of aromatic nitrogens is 3. The van der Waals surface area contributed by atoms with E-state index >= 15 is 0 Å². The SMILES string of the molecule is Cc1cc([C@H](C)NC(=O)N2CCO[C@@H](c3nncn3C)C2)c(C)o1. The Morgan fingerprint density at radius 1 is 1.46 bits per heavy atom. The maximum absolute atomic E-state index is 12.6. The van der Waals surface area contributed by atoms with Crippen LogP contribution in [0.2, 0.25) is 0 Å². The summed E-state index contributed by atoms with van der Waals surface area (Å²) in [5.74, 6) is 2.40. The molecule has 3 heterocycles. The first kappa shape index (κ1) is 16.5. The molecule has 2 atom stereocenters. The van der Waals surface area contributed by atoms with E-state index in [0.29, 0.717) is 19.7 Å². The van der Waals surface area contributed by atoms with Crippen LogP contribution in [0.15, 0.2) is 16.8 Å². The molecule has 2 aromatic rings. The summed E-state index contributed by atoms with van der Waals surface area (Å²) in [5.41, 5.74) is 0.999. The molecule has 1 N–H and O–H groups in total. The van der Waals surface area contributed by atoms with Gasteiger partial charge < -0.3 is 23.9 Å². The van der Waals surface area contributed by atoms with Crippen molar-refractivity contribution < 1.29 is 13.9 Å². The van der Waals surface area contributed by atoms with E-state index in [0.717, 1.165) is 22.9 Å². The van der Waals surface area contributed by atoms with Crippen LogP contribution in [0, 0.1) is 13.8 Å². The van der Waals surface area contributed by atoms with Crippen LogP contribution < -0.4 is 5.32 Å². The monoisotopic (exact) mass is 333 g/mol. The lowest BCUT2D eigenvalue weighted by molar-refractivity contribution is -0.0217. The number of morpholine rings is 1. The van der Waals surface area contributed by atoms with E-state index in [1.54, 1.807) is 11.2 Å². The number of furan rings is 1. The van der Waals surface area contributed by atoms with Crippen molar-refractivity contribution in [3.05, 3.63) is 35.3 Å². The third-order valence-electron chi connectivity index (χ3n) is 4.27. The molecule has 0 radical (unpaired) electrons. The van der Waals surface area contributed by atoms with Crippen LogP contribution >= 0.6 is 0 Å². The van der Waals surface area contributed by atoms with E-state index in [1.807, 2.05) is 38.5 Å². The lowest BCUT2D eigenvalue weighted by atomic mass is 10.1. The standard InChI is InChI=1S/C16H23N5O3/c1-10-7-13(12(3)24-10)11(2)18-16(22)21-5-6-23-14(8-21)15-19-17-9-20(15)4/h7,9,11,14H,5-6,8H2,1-4H3,(H,18,22)/t11-,14+/m0/s1. The molecule has 1 aliphatic rings. The summed E-state index contributed by atoms with van der Waals surface area (Å²) in [5, 5.41) is 11.0. The van der Waals surface area contributed by atoms with Gasteiger partial charge in [-0.15, -0.1) is 10.2 Å². The molecule has 0 bridgehead atoms. The number of amides is 2. The van der Waals surface area contributed by atoms with Crippen LogP contribution in [0.5, 0.6) is 0 Å². The number of carbonyl (C=O) groups excluding carboxylic acids is 1. The van der Waals surface area contributed by atoms with E-state index in [-0.39, 0.29) is 18.2 Å². The Morgan fingerprint density at radius 3 is 2.88 bits per heavy atom. The van der Waals surface area contributed by atoms with Crippen molar-refractivity contribution >= 4 is 6.03 Å². The van der Waals surface area contributed by atoms with Crippen LogP contribution in [-0.2, 0) is 11.8 Å². The van der Waals surface area contributed by atoms with Gasteiger partial charge in [0.05, 0.1) is 19.2 Å². The van der Waals surface area contributed by atoms with Gasteiger partial charge in [0.1, 0.15) is 24.0 Å². The lowest BCUT2D eigenvalue weighted by Gasteiger charge is -2.33. The van der Waals surface area contributed by atoms with Crippen molar-refractivity contribution in [2.75, 3.05) is 19.7 Å². The van der Waals surface area contributed by atoms with Crippen molar-refractivity contribution in [3.63, 3.8) is 0 Å². The van der Waals surface area contributed by atoms with Gasteiger partial charge in [-0.05, 0) is 26.8 Å². The molecule has 0 aliphatic carbocycles. The Balaban J connectivity index is 1.64. The van der Waals surface area contributed by atoms with Crippen molar-refractivity contribution in [1.29, 1.82) is 0 Å². The lowest BCUT2D eigenvalue weighted by Crippen LogP contribution is -2.48. The summed E-state index contributed by atoms with van der Waals surface area (Å²) in [4.78, 5) is 14.3. The molecule has 0 aromatic carbocycles. The second kappa shape index (κ2) is 6.64. The number of urea groups is 1. The Morgan fingerprint density at radius 2 is 2.25 bits per heavy atom. The molecule has 0 saturated carbocycles. The van der Waals surface area contributed by atoms with Crippen LogP contribution in [0.4, 0.5) is 4.79 Å². The zero-order chi connectivity index (χ0) is 17.3. The second-order valence-electron chi connectivity index (χ2n) is 6.15. The minimum atomic E-state index is -0.259. The highest BCUT2D eigenvalue weighted by Crippen LogP contribution is 2.23. The number of nitrogens with zero attached hydrogens (tertiary/aromatic N) is 4. The smallest absolute Gasteiger partial charge is 0.318 e. The zero-order valence-corrected chi connectivity index (χ0v) is 14.4. The van der Waals surface area contributed by atoms with Crippen molar-refractivity contribution in [1.82, 2.24) is 25.0 Å². The van der Waals surface area contributed by atoms with E-state index < -0.39 is 0 Å². The van der Waals surface area contributed by atoms with E-state index in [2.05, 4.69) is 15.5 Å². The highest BCUT2D eigenvalue weighted by molar-refractivity contribution is 5.75. The fourth-order valence-corrected chi connectivity index (χ4v) is 3.01. The molecular formula is C16H23N5O3. The zero-order valence-electron chi connectivity index (χ0n) is 14.4. The van der Waals surface area contributed by atoms with Gasteiger partial charge in [-0.2, -0.15) is 0 Å². The minimum absolute atomic E-state index is 0.115. The van der Waals surface area contributed by atoms with Gasteiger partial charge in [-0.1, -0.05) is 0 Å². The third-order valence-corrected chi connectivity index (χ3v) is 4.27. The predicted molar refractivity (Wildman–Crippen MR) is 86.4 cm³/mol. The van der Waals surface area contributed by atoms with E-state index in [9.17, 15) is 4.79 Å². The van der Waals surface area contributed by atoms with Gasteiger partial charge in [0.15, 0.2) is 5.82 Å². The van der Waals surface area contributed by atoms with Gasteiger partial charge in [-0.25, -0.2) is 4.79 Å². The summed E-state index contributed by atoms with van der Waals surface area (Å²) in [7, 11) is 1.86. The number of ether oxygens (including phenoxy) is 1. The first-order valence-corrected chi connectivity index (χ1v) is 8.03. The highest BCUT2D eigenvalue weighted by atomic mass is 16.5. The summed E-state index contributed by atoms with van der Waals surface area (Å²) in [6.07, 6.45) is 1.37. The average Bonchev–Trinajstić information content (AvgIpc) is 3.12. The predicted octanol–water partition coefficient (Wildman–Crippen LogP) is 1.87. The summed E-state index contributed by atoms with van der Waals surface area (Å²) < 4.78 is 13.1. The Bertz CT molecular complexity index is 723. The molecule has 24 heavy (non-hydrogen) atoms. The Kier molecular flexibility index (Phi) is 4.57. The fraction of sp³-hybridized carbons (Fsp3) is 0.562. The van der Waals surface area contributed by atoms with Crippen LogP contribution in [0.25, 0.3) is 0 Å². The Labute approximate surface area is 140 Å². The van der Waals surface area contributed by atoms with Gasteiger partial charge in [-0.3, -0.25) is 0 Å². The van der Waals surface area contributed by atoms with Crippen molar-refractivity contribution in [2.24, 2.45) is 7.05 Å². The van der Waals surface area contributed by atoms with Gasteiger partial charge in [0, 0.05) is 19.2 Å². The highest BCUT2D eigenvalue weighted by Gasteiger charge is 2.29. The van der Waals surface area contributed by atoms with Crippen molar-refractivity contribution in [3.8, 4) is 0 Å². The molecule has 0 spiro atoms. The van der Waals surface area contributed by atoms with Crippen molar-refractivity contribution in [2.45, 2.75) is 32.9 Å². The molecule has 2 amide bonds. The number of rotatable bonds is 3. The molecule has 130 valence electrons. The fourth-order valence-electron chi connectivity index (χ4n) is 3.01. The van der Waals surface area contributed by atoms with E-state index in [1.165, 1.54) is 0 Å². The van der Waals surface area contributed by atoms with Crippen LogP contribution in [0.1, 0.15) is 42.0 Å². The number of hydrogen-bond donors (Lipinski definition) is 1. The molecule has 1 fully saturated rings. The molecule has 0 unspecified atom stereocenters. The summed E-state index contributed by atoms with van der Waals surface area (Å²) in [6.45, 7) is 7.24. The van der Waals surface area contributed by atoms with Crippen LogP contribution in [0.3, 0.4) is 0 Å². The van der Waals surface area contributed by atoms with Crippen LogP contribution in [-0.4, -0.2) is 45.4 Å². The quantitative estimate of drug-likeness (QED) is 0.927. The average molecular weight is 333 g/mol. The normalized spacial score (nSPS) is 19.3. The first-order chi connectivity index (χ1) is 11.5. The molecule has 1 aliphatic heterocycles. The summed E-state index contributed by atoms with van der Waals surface area (Å²) >= 11 is 0. The van der Waals surface area contributed by atoms with Gasteiger partial charge >= 0.3 is 6.03 Å². The summed E-state index contributed by atoms with van der Waals surface area (Å²) in [6, 6.07) is 1.73.